The Balaban J connectivity index is 2.12. The molecule has 1 heterocycles. The maximum absolute atomic E-state index is 12.9. The van der Waals surface area contributed by atoms with E-state index in [1.165, 1.54) is 12.0 Å². The van der Waals surface area contributed by atoms with Gasteiger partial charge in [0, 0.05) is 19.7 Å². The van der Waals surface area contributed by atoms with Crippen LogP contribution in [0.25, 0.3) is 0 Å². The molecule has 10 heteroatoms. The highest BCUT2D eigenvalue weighted by Crippen LogP contribution is 2.26. The molecule has 0 aromatic heterocycles. The average molecular weight is 428 g/mol. The molecular formula is C19H29N3O6S. The van der Waals surface area contributed by atoms with Gasteiger partial charge in [-0.3, -0.25) is 4.79 Å². The van der Waals surface area contributed by atoms with Crippen LogP contribution in [0.3, 0.4) is 0 Å². The van der Waals surface area contributed by atoms with Crippen molar-refractivity contribution in [1.82, 2.24) is 10.2 Å². The lowest BCUT2D eigenvalue weighted by Gasteiger charge is -2.33. The molecule has 1 aliphatic rings. The number of nitrogens with two attached hydrogens (primary N) is 1. The molecule has 162 valence electrons. The molecule has 0 spiro atoms. The normalized spacial score (nSPS) is 20.1. The van der Waals surface area contributed by atoms with E-state index in [9.17, 15) is 23.1 Å². The fourth-order valence-electron chi connectivity index (χ4n) is 3.88. The molecule has 1 aliphatic heterocycles. The Hall–Kier alpha value is -2.17. The van der Waals surface area contributed by atoms with Crippen LogP contribution in [0.4, 0.5) is 4.79 Å². The van der Waals surface area contributed by atoms with E-state index >= 15 is 0 Å². The van der Waals surface area contributed by atoms with Crippen LogP contribution in [0.5, 0.6) is 0 Å². The van der Waals surface area contributed by atoms with Gasteiger partial charge in [-0.25, -0.2) is 18.4 Å². The first-order chi connectivity index (χ1) is 13.6. The van der Waals surface area contributed by atoms with Crippen molar-refractivity contribution in [2.75, 3.05) is 19.4 Å². The summed E-state index contributed by atoms with van der Waals surface area (Å²) in [6.45, 7) is 2.05. The SMILES string of the molecule is CO[C@@H](C1CCCN1C(=O)O)[C@@H](C)C(=O)NC(Cc1ccccc1)CS(N)(=O)=O. The Kier molecular flexibility index (Phi) is 8.00. The maximum atomic E-state index is 12.9. The summed E-state index contributed by atoms with van der Waals surface area (Å²) in [6.07, 6.45) is -0.0722. The lowest BCUT2D eigenvalue weighted by atomic mass is 9.94. The second-order valence-electron chi connectivity index (χ2n) is 7.40. The summed E-state index contributed by atoms with van der Waals surface area (Å²) in [7, 11) is -2.37. The van der Waals surface area contributed by atoms with Gasteiger partial charge >= 0.3 is 6.09 Å². The first-order valence-corrected chi connectivity index (χ1v) is 11.2. The fraction of sp³-hybridized carbons (Fsp3) is 0.579. The largest absolute Gasteiger partial charge is 0.465 e. The van der Waals surface area contributed by atoms with Crippen LogP contribution in [-0.2, 0) is 26.0 Å². The molecule has 1 fully saturated rings. The molecule has 0 bridgehead atoms. The molecule has 2 unspecified atom stereocenters. The highest BCUT2D eigenvalue weighted by atomic mass is 32.2. The number of hydrogen-bond acceptors (Lipinski definition) is 5. The molecule has 4 N–H and O–H groups in total. The van der Waals surface area contributed by atoms with E-state index in [1.54, 1.807) is 6.92 Å². The van der Waals surface area contributed by atoms with Crippen LogP contribution in [-0.4, -0.2) is 68.0 Å². The predicted molar refractivity (Wildman–Crippen MR) is 108 cm³/mol. The number of carbonyl (C=O) groups is 2. The zero-order chi connectivity index (χ0) is 21.6. The van der Waals surface area contributed by atoms with E-state index < -0.39 is 51.9 Å². The fourth-order valence-corrected chi connectivity index (χ4v) is 4.64. The molecular weight excluding hydrogens is 398 g/mol. The van der Waals surface area contributed by atoms with Crippen LogP contribution in [0, 0.1) is 5.92 Å². The summed E-state index contributed by atoms with van der Waals surface area (Å²) in [5.41, 5.74) is 0.866. The van der Waals surface area contributed by atoms with E-state index in [4.69, 9.17) is 9.88 Å². The van der Waals surface area contributed by atoms with E-state index in [-0.39, 0.29) is 0 Å². The molecule has 0 radical (unpaired) electrons. The van der Waals surface area contributed by atoms with Crippen molar-refractivity contribution in [2.45, 2.75) is 44.4 Å². The van der Waals surface area contributed by atoms with Gasteiger partial charge in [0.2, 0.25) is 15.9 Å². The highest BCUT2D eigenvalue weighted by Gasteiger charge is 2.40. The molecule has 2 rings (SSSR count). The molecule has 29 heavy (non-hydrogen) atoms. The second kappa shape index (κ2) is 10.0. The minimum Gasteiger partial charge on any atom is -0.465 e. The lowest BCUT2D eigenvalue weighted by Crippen LogP contribution is -2.52. The number of amides is 2. The molecule has 1 aromatic rings. The van der Waals surface area contributed by atoms with Gasteiger partial charge in [-0.1, -0.05) is 37.3 Å². The Morgan fingerprint density at radius 1 is 1.34 bits per heavy atom. The van der Waals surface area contributed by atoms with Gasteiger partial charge in [0.05, 0.1) is 23.8 Å². The van der Waals surface area contributed by atoms with Gasteiger partial charge in [0.1, 0.15) is 0 Å². The standard InChI is InChI=1S/C19H29N3O6S/c1-13(17(28-2)16-9-6-10-22(16)19(24)25)18(23)21-15(12-29(20,26)27)11-14-7-4-3-5-8-14/h3-5,7-8,13,15-17H,6,9-12H2,1-2H3,(H,21,23)(H,24,25)(H2,20,26,27)/t13-,15?,16?,17-/m1/s1. The second-order valence-corrected chi connectivity index (χ2v) is 9.06. The number of likely N-dealkylation sites (tertiary alicyclic amines) is 1. The van der Waals surface area contributed by atoms with Gasteiger partial charge in [0.15, 0.2) is 0 Å². The zero-order valence-corrected chi connectivity index (χ0v) is 17.5. The molecule has 4 atom stereocenters. The number of carbonyl (C=O) groups excluding carboxylic acids is 1. The Morgan fingerprint density at radius 3 is 2.55 bits per heavy atom. The number of nitrogens with one attached hydrogen (secondary N) is 1. The first kappa shape index (κ1) is 23.1. The molecule has 1 saturated heterocycles. The Labute approximate surface area is 171 Å². The van der Waals surface area contributed by atoms with Crippen molar-refractivity contribution in [3.05, 3.63) is 35.9 Å². The zero-order valence-electron chi connectivity index (χ0n) is 16.7. The van der Waals surface area contributed by atoms with Crippen LogP contribution in [0.1, 0.15) is 25.3 Å². The number of hydrogen-bond donors (Lipinski definition) is 3. The average Bonchev–Trinajstić information content (AvgIpc) is 3.11. The number of primary sulfonamides is 1. The van der Waals surface area contributed by atoms with E-state index in [0.717, 1.165) is 5.56 Å². The Morgan fingerprint density at radius 2 is 2.00 bits per heavy atom. The lowest BCUT2D eigenvalue weighted by molar-refractivity contribution is -0.131. The third kappa shape index (κ3) is 6.69. The highest BCUT2D eigenvalue weighted by molar-refractivity contribution is 7.89. The van der Waals surface area contributed by atoms with Crippen molar-refractivity contribution in [1.29, 1.82) is 0 Å². The van der Waals surface area contributed by atoms with Crippen molar-refractivity contribution in [2.24, 2.45) is 11.1 Å². The minimum atomic E-state index is -3.81. The van der Waals surface area contributed by atoms with Gasteiger partial charge in [-0.15, -0.1) is 0 Å². The van der Waals surface area contributed by atoms with Crippen molar-refractivity contribution >= 4 is 22.0 Å². The number of rotatable bonds is 9. The third-order valence-electron chi connectivity index (χ3n) is 5.21. The quantitative estimate of drug-likeness (QED) is 0.533. The summed E-state index contributed by atoms with van der Waals surface area (Å²) < 4.78 is 28.7. The smallest absolute Gasteiger partial charge is 0.407 e. The summed E-state index contributed by atoms with van der Waals surface area (Å²) in [6, 6.07) is 8.05. The van der Waals surface area contributed by atoms with Gasteiger partial charge < -0.3 is 20.1 Å². The summed E-state index contributed by atoms with van der Waals surface area (Å²) in [4.78, 5) is 25.6. The van der Waals surface area contributed by atoms with Gasteiger partial charge in [0.25, 0.3) is 0 Å². The first-order valence-electron chi connectivity index (χ1n) is 9.49. The number of methoxy groups -OCH3 is 1. The number of nitrogens with zero attached hydrogens (tertiary/aromatic N) is 1. The number of sulfonamides is 1. The molecule has 0 saturated carbocycles. The maximum Gasteiger partial charge on any atom is 0.407 e. The van der Waals surface area contributed by atoms with E-state index in [1.807, 2.05) is 30.3 Å². The van der Waals surface area contributed by atoms with Crippen LogP contribution >= 0.6 is 0 Å². The van der Waals surface area contributed by atoms with Crippen molar-refractivity contribution < 1.29 is 27.9 Å². The van der Waals surface area contributed by atoms with Crippen LogP contribution < -0.4 is 10.5 Å². The van der Waals surface area contributed by atoms with Gasteiger partial charge in [-0.05, 0) is 24.8 Å². The third-order valence-corrected chi connectivity index (χ3v) is 6.07. The minimum absolute atomic E-state index is 0.304. The van der Waals surface area contributed by atoms with E-state index in [2.05, 4.69) is 5.32 Å². The molecule has 2 amide bonds. The van der Waals surface area contributed by atoms with Crippen molar-refractivity contribution in [3.8, 4) is 0 Å². The Bertz CT molecular complexity index is 801. The summed E-state index contributed by atoms with van der Waals surface area (Å²) >= 11 is 0. The topological polar surface area (TPSA) is 139 Å². The van der Waals surface area contributed by atoms with Crippen LogP contribution in [0.2, 0.25) is 0 Å². The molecule has 9 nitrogen and oxygen atoms in total. The monoisotopic (exact) mass is 427 g/mol. The number of carboxylic acid groups (broad SMARTS) is 1. The number of benzene rings is 1. The predicted octanol–water partition coefficient (Wildman–Crippen LogP) is 0.796. The molecule has 1 aromatic carbocycles. The summed E-state index contributed by atoms with van der Waals surface area (Å²) in [5.74, 6) is -1.48. The van der Waals surface area contributed by atoms with Gasteiger partial charge in [-0.2, -0.15) is 0 Å². The summed E-state index contributed by atoms with van der Waals surface area (Å²) in [5, 5.41) is 17.3. The van der Waals surface area contributed by atoms with Crippen LogP contribution in [0.15, 0.2) is 30.3 Å². The van der Waals surface area contributed by atoms with E-state index in [0.29, 0.717) is 25.8 Å². The number of ether oxygens (including phenoxy) is 1. The molecule has 0 aliphatic carbocycles. The van der Waals surface area contributed by atoms with Crippen molar-refractivity contribution in [3.63, 3.8) is 0 Å².